The second-order valence-corrected chi connectivity index (χ2v) is 6.36. The molecular weight excluding hydrogens is 342 g/mol. The SMILES string of the molecule is COCCCOc1ccc2c3[nH][nH]c(Nc4ccc(OC)cc4)c-3cc2c1. The summed E-state index contributed by atoms with van der Waals surface area (Å²) in [6.45, 7) is 1.35. The molecule has 0 atom stereocenters. The van der Waals surface area contributed by atoms with Gasteiger partial charge in [0.2, 0.25) is 0 Å². The smallest absolute Gasteiger partial charge is 0.132 e. The summed E-state index contributed by atoms with van der Waals surface area (Å²) < 4.78 is 16.1. The number of aromatic amines is 2. The van der Waals surface area contributed by atoms with Crippen molar-refractivity contribution in [3.05, 3.63) is 48.5 Å². The number of benzene rings is 2. The maximum atomic E-state index is 5.81. The van der Waals surface area contributed by atoms with Crippen LogP contribution in [0.2, 0.25) is 0 Å². The average Bonchev–Trinajstić information content (AvgIpc) is 3.25. The second-order valence-electron chi connectivity index (χ2n) is 6.36. The number of hydrogen-bond acceptors (Lipinski definition) is 4. The Hall–Kier alpha value is -3.12. The Bertz CT molecular complexity index is 988. The fraction of sp³-hybridized carbons (Fsp3) is 0.238. The number of anilines is 2. The number of ether oxygens (including phenoxy) is 3. The van der Waals surface area contributed by atoms with Crippen molar-refractivity contribution in [1.29, 1.82) is 0 Å². The summed E-state index contributed by atoms with van der Waals surface area (Å²) in [4.78, 5) is 0. The normalized spacial score (nSPS) is 11.2. The van der Waals surface area contributed by atoms with Gasteiger partial charge in [-0.1, -0.05) is 0 Å². The third kappa shape index (κ3) is 3.57. The van der Waals surface area contributed by atoms with Crippen LogP contribution in [0.5, 0.6) is 11.5 Å². The molecule has 6 heteroatoms. The molecular formula is C21H23N3O3. The van der Waals surface area contributed by atoms with Gasteiger partial charge in [-0.15, -0.1) is 0 Å². The van der Waals surface area contributed by atoms with E-state index in [0.717, 1.165) is 51.5 Å². The van der Waals surface area contributed by atoms with Gasteiger partial charge < -0.3 is 19.5 Å². The lowest BCUT2D eigenvalue weighted by molar-refractivity contribution is 0.172. The van der Waals surface area contributed by atoms with Crippen LogP contribution >= 0.6 is 0 Å². The maximum Gasteiger partial charge on any atom is 0.132 e. The Labute approximate surface area is 157 Å². The molecule has 6 nitrogen and oxygen atoms in total. The highest BCUT2D eigenvalue weighted by Crippen LogP contribution is 2.39. The third-order valence-corrected chi connectivity index (χ3v) is 4.56. The lowest BCUT2D eigenvalue weighted by atomic mass is 10.2. The summed E-state index contributed by atoms with van der Waals surface area (Å²) in [5, 5.41) is 12.2. The number of nitrogens with one attached hydrogen (secondary N) is 3. The highest BCUT2D eigenvalue weighted by molar-refractivity contribution is 6.04. The molecule has 0 saturated carbocycles. The minimum Gasteiger partial charge on any atom is -0.497 e. The van der Waals surface area contributed by atoms with Crippen molar-refractivity contribution in [3.8, 4) is 22.8 Å². The van der Waals surface area contributed by atoms with Crippen molar-refractivity contribution < 1.29 is 14.2 Å². The van der Waals surface area contributed by atoms with E-state index in [0.29, 0.717) is 13.2 Å². The van der Waals surface area contributed by atoms with E-state index < -0.39 is 0 Å². The fourth-order valence-electron chi connectivity index (χ4n) is 3.19. The molecule has 0 amide bonds. The van der Waals surface area contributed by atoms with Gasteiger partial charge in [-0.3, -0.25) is 10.2 Å². The maximum absolute atomic E-state index is 5.81. The topological polar surface area (TPSA) is 71.3 Å². The van der Waals surface area contributed by atoms with Gasteiger partial charge >= 0.3 is 0 Å². The molecule has 4 rings (SSSR count). The first kappa shape index (κ1) is 17.3. The van der Waals surface area contributed by atoms with Gasteiger partial charge in [0, 0.05) is 36.8 Å². The van der Waals surface area contributed by atoms with E-state index in [1.54, 1.807) is 14.2 Å². The molecule has 0 spiro atoms. The quantitative estimate of drug-likeness (QED) is 0.393. The zero-order valence-corrected chi connectivity index (χ0v) is 15.5. The molecule has 0 unspecified atom stereocenters. The van der Waals surface area contributed by atoms with Gasteiger partial charge in [0.15, 0.2) is 0 Å². The summed E-state index contributed by atoms with van der Waals surface area (Å²) in [6, 6.07) is 16.2. The second kappa shape index (κ2) is 7.63. The van der Waals surface area contributed by atoms with Gasteiger partial charge in [0.1, 0.15) is 17.3 Å². The predicted molar refractivity (Wildman–Crippen MR) is 108 cm³/mol. The molecule has 0 saturated heterocycles. The molecule has 1 aliphatic heterocycles. The van der Waals surface area contributed by atoms with Gasteiger partial charge in [-0.05, 0) is 53.9 Å². The molecule has 1 heterocycles. The average molecular weight is 365 g/mol. The van der Waals surface area contributed by atoms with E-state index in [2.05, 4.69) is 33.7 Å². The zero-order valence-electron chi connectivity index (χ0n) is 15.5. The standard InChI is InChI=1S/C21H23N3O3/c1-25-10-3-11-27-17-8-9-18-14(12-17)13-19-20(18)23-24-21(19)22-15-4-6-16(26-2)7-5-15/h4-9,12-13,22-24H,3,10-11H2,1-2H3. The van der Waals surface area contributed by atoms with Crippen LogP contribution in [0.15, 0.2) is 48.5 Å². The van der Waals surface area contributed by atoms with Crippen molar-refractivity contribution in [2.45, 2.75) is 6.42 Å². The number of H-pyrrole nitrogens is 2. The van der Waals surface area contributed by atoms with Crippen molar-refractivity contribution >= 4 is 22.3 Å². The fourth-order valence-corrected chi connectivity index (χ4v) is 3.19. The Morgan fingerprint density at radius 3 is 2.48 bits per heavy atom. The first-order valence-corrected chi connectivity index (χ1v) is 8.94. The third-order valence-electron chi connectivity index (χ3n) is 4.56. The molecule has 27 heavy (non-hydrogen) atoms. The van der Waals surface area contributed by atoms with E-state index in [1.807, 2.05) is 30.3 Å². The molecule has 0 aromatic heterocycles. The number of hydrogen-bond donors (Lipinski definition) is 3. The molecule has 2 aromatic rings. The molecule has 2 aromatic carbocycles. The number of fused-ring (bicyclic) bond motifs is 3. The summed E-state index contributed by atoms with van der Waals surface area (Å²) in [7, 11) is 3.36. The Balaban J connectivity index is 1.55. The minimum absolute atomic E-state index is 0.649. The number of aromatic nitrogens is 2. The Morgan fingerprint density at radius 1 is 0.889 bits per heavy atom. The van der Waals surface area contributed by atoms with Gasteiger partial charge in [0.05, 0.1) is 19.4 Å². The van der Waals surface area contributed by atoms with E-state index >= 15 is 0 Å². The van der Waals surface area contributed by atoms with Crippen molar-refractivity contribution in [3.63, 3.8) is 0 Å². The molecule has 0 fully saturated rings. The first-order chi connectivity index (χ1) is 13.3. The lowest BCUT2D eigenvalue weighted by Crippen LogP contribution is -2.00. The van der Waals surface area contributed by atoms with Crippen LogP contribution in [0.25, 0.3) is 22.0 Å². The van der Waals surface area contributed by atoms with Crippen LogP contribution in [0, 0.1) is 0 Å². The summed E-state index contributed by atoms with van der Waals surface area (Å²) in [6.07, 6.45) is 0.876. The first-order valence-electron chi connectivity index (χ1n) is 8.94. The van der Waals surface area contributed by atoms with E-state index in [-0.39, 0.29) is 0 Å². The molecule has 3 N–H and O–H groups in total. The number of rotatable bonds is 8. The van der Waals surface area contributed by atoms with Crippen LogP contribution in [0.1, 0.15) is 6.42 Å². The van der Waals surface area contributed by atoms with Crippen molar-refractivity contribution in [1.82, 2.24) is 10.2 Å². The zero-order chi connectivity index (χ0) is 18.6. The minimum atomic E-state index is 0.649. The molecule has 0 bridgehead atoms. The number of methoxy groups -OCH3 is 2. The van der Waals surface area contributed by atoms with Crippen LogP contribution < -0.4 is 14.8 Å². The Morgan fingerprint density at radius 2 is 1.70 bits per heavy atom. The largest absolute Gasteiger partial charge is 0.497 e. The monoisotopic (exact) mass is 365 g/mol. The van der Waals surface area contributed by atoms with Gasteiger partial charge in [-0.25, -0.2) is 0 Å². The van der Waals surface area contributed by atoms with Crippen LogP contribution in [-0.4, -0.2) is 37.6 Å². The highest BCUT2D eigenvalue weighted by Gasteiger charge is 2.17. The van der Waals surface area contributed by atoms with Gasteiger partial charge in [0.25, 0.3) is 0 Å². The summed E-state index contributed by atoms with van der Waals surface area (Å²) in [5.74, 6) is 2.63. The van der Waals surface area contributed by atoms with Gasteiger partial charge in [-0.2, -0.15) is 0 Å². The lowest BCUT2D eigenvalue weighted by Gasteiger charge is -2.06. The van der Waals surface area contributed by atoms with Crippen molar-refractivity contribution in [2.24, 2.45) is 0 Å². The Kier molecular flexibility index (Phi) is 4.89. The van der Waals surface area contributed by atoms with E-state index in [4.69, 9.17) is 14.2 Å². The van der Waals surface area contributed by atoms with Crippen LogP contribution in [-0.2, 0) is 4.74 Å². The molecule has 1 aliphatic carbocycles. The van der Waals surface area contributed by atoms with E-state index in [9.17, 15) is 0 Å². The van der Waals surface area contributed by atoms with Crippen LogP contribution in [0.4, 0.5) is 11.5 Å². The summed E-state index contributed by atoms with van der Waals surface area (Å²) in [5.41, 5.74) is 3.17. The van der Waals surface area contributed by atoms with Crippen LogP contribution in [0.3, 0.4) is 0 Å². The highest BCUT2D eigenvalue weighted by atomic mass is 16.5. The van der Waals surface area contributed by atoms with E-state index in [1.165, 1.54) is 0 Å². The predicted octanol–water partition coefficient (Wildman–Crippen LogP) is 4.77. The van der Waals surface area contributed by atoms with Crippen molar-refractivity contribution in [2.75, 3.05) is 32.8 Å². The summed E-state index contributed by atoms with van der Waals surface area (Å²) >= 11 is 0. The molecule has 0 radical (unpaired) electrons. The molecule has 140 valence electrons. The molecule has 2 aliphatic rings.